The van der Waals surface area contributed by atoms with Crippen LogP contribution in [0.5, 0.6) is 0 Å². The SMILES string of the molecule is Cc1oc(-n2cccc2)c(C#N)c1C(=O)N[C@@H]1CCN(C(C)C)C1. The molecular weight excluding hydrogens is 304 g/mol. The van der Waals surface area contributed by atoms with Crippen molar-refractivity contribution in [3.05, 3.63) is 41.4 Å². The maximum Gasteiger partial charge on any atom is 0.256 e. The van der Waals surface area contributed by atoms with Crippen molar-refractivity contribution >= 4 is 5.91 Å². The molecule has 1 saturated heterocycles. The molecule has 6 nitrogen and oxygen atoms in total. The Labute approximate surface area is 141 Å². The molecule has 126 valence electrons. The topological polar surface area (TPSA) is 74.2 Å². The molecule has 0 radical (unpaired) electrons. The van der Waals surface area contributed by atoms with E-state index in [1.54, 1.807) is 23.9 Å². The summed E-state index contributed by atoms with van der Waals surface area (Å²) in [5.74, 6) is 0.619. The molecule has 1 atom stereocenters. The Morgan fingerprint density at radius 2 is 2.12 bits per heavy atom. The van der Waals surface area contributed by atoms with Gasteiger partial charge in [0.05, 0.1) is 0 Å². The summed E-state index contributed by atoms with van der Waals surface area (Å²) in [4.78, 5) is 15.0. The predicted octanol–water partition coefficient (Wildman–Crippen LogP) is 2.46. The van der Waals surface area contributed by atoms with Crippen LogP contribution >= 0.6 is 0 Å². The van der Waals surface area contributed by atoms with Gasteiger partial charge in [0.25, 0.3) is 5.91 Å². The van der Waals surface area contributed by atoms with Crippen LogP contribution in [0.4, 0.5) is 0 Å². The molecule has 3 rings (SSSR count). The van der Waals surface area contributed by atoms with Crippen LogP contribution in [0.1, 0.15) is 41.9 Å². The number of carbonyl (C=O) groups excluding carboxylic acids is 1. The Balaban J connectivity index is 1.82. The molecule has 1 aliphatic rings. The maximum absolute atomic E-state index is 12.7. The van der Waals surface area contributed by atoms with Crippen molar-refractivity contribution in [3.63, 3.8) is 0 Å². The number of hydrogen-bond acceptors (Lipinski definition) is 4. The van der Waals surface area contributed by atoms with Crippen molar-refractivity contribution in [2.45, 2.75) is 39.3 Å². The van der Waals surface area contributed by atoms with Gasteiger partial charge in [-0.05, 0) is 39.3 Å². The first-order chi connectivity index (χ1) is 11.5. The normalized spacial score (nSPS) is 18.0. The molecule has 0 unspecified atom stereocenters. The molecule has 1 N–H and O–H groups in total. The summed E-state index contributed by atoms with van der Waals surface area (Å²) >= 11 is 0. The average molecular weight is 326 g/mol. The lowest BCUT2D eigenvalue weighted by Crippen LogP contribution is -2.38. The lowest BCUT2D eigenvalue weighted by molar-refractivity contribution is 0.0935. The minimum absolute atomic E-state index is 0.107. The highest BCUT2D eigenvalue weighted by molar-refractivity contribution is 5.98. The third kappa shape index (κ3) is 2.95. The summed E-state index contributed by atoms with van der Waals surface area (Å²) in [5.41, 5.74) is 0.615. The Kier molecular flexibility index (Phi) is 4.45. The second-order valence-corrected chi connectivity index (χ2v) is 6.46. The summed E-state index contributed by atoms with van der Waals surface area (Å²) in [6, 6.07) is 6.39. The first-order valence-corrected chi connectivity index (χ1v) is 8.23. The van der Waals surface area contributed by atoms with Gasteiger partial charge in [-0.1, -0.05) is 0 Å². The van der Waals surface area contributed by atoms with E-state index < -0.39 is 0 Å². The molecule has 0 bridgehead atoms. The Bertz CT molecular complexity index is 768. The highest BCUT2D eigenvalue weighted by Crippen LogP contribution is 2.26. The number of aryl methyl sites for hydroxylation is 1. The van der Waals surface area contributed by atoms with Crippen LogP contribution in [-0.2, 0) is 0 Å². The van der Waals surface area contributed by atoms with Gasteiger partial charge in [-0.25, -0.2) is 0 Å². The number of hydrogen-bond donors (Lipinski definition) is 1. The zero-order chi connectivity index (χ0) is 17.3. The predicted molar refractivity (Wildman–Crippen MR) is 90.1 cm³/mol. The summed E-state index contributed by atoms with van der Waals surface area (Å²) < 4.78 is 7.40. The van der Waals surface area contributed by atoms with E-state index in [0.717, 1.165) is 19.5 Å². The van der Waals surface area contributed by atoms with E-state index in [2.05, 4.69) is 30.1 Å². The minimum Gasteiger partial charge on any atom is -0.443 e. The molecule has 1 amide bonds. The van der Waals surface area contributed by atoms with Crippen molar-refractivity contribution in [1.82, 2.24) is 14.8 Å². The number of likely N-dealkylation sites (tertiary alicyclic amines) is 1. The fourth-order valence-electron chi connectivity index (χ4n) is 3.19. The summed E-state index contributed by atoms with van der Waals surface area (Å²) in [6.45, 7) is 7.85. The van der Waals surface area contributed by atoms with E-state index in [1.807, 2.05) is 12.1 Å². The summed E-state index contributed by atoms with van der Waals surface area (Å²) in [7, 11) is 0. The molecular formula is C18H22N4O2. The highest BCUT2D eigenvalue weighted by atomic mass is 16.4. The minimum atomic E-state index is -0.234. The number of carbonyl (C=O) groups is 1. The molecule has 2 aromatic rings. The fourth-order valence-corrected chi connectivity index (χ4v) is 3.19. The van der Waals surface area contributed by atoms with Gasteiger partial charge in [0.2, 0.25) is 5.88 Å². The van der Waals surface area contributed by atoms with Gasteiger partial charge < -0.3 is 9.73 Å². The third-order valence-corrected chi connectivity index (χ3v) is 4.53. The van der Waals surface area contributed by atoms with E-state index in [1.165, 1.54) is 0 Å². The first kappa shape index (κ1) is 16.3. The Hall–Kier alpha value is -2.52. The molecule has 1 fully saturated rings. The van der Waals surface area contributed by atoms with Gasteiger partial charge in [-0.15, -0.1) is 0 Å². The molecule has 0 aliphatic carbocycles. The maximum atomic E-state index is 12.7. The second kappa shape index (κ2) is 6.54. The zero-order valence-corrected chi connectivity index (χ0v) is 14.2. The average Bonchev–Trinajstić information content (AvgIpc) is 3.25. The summed E-state index contributed by atoms with van der Waals surface area (Å²) in [6.07, 6.45) is 4.50. The van der Waals surface area contributed by atoms with Crippen LogP contribution in [0, 0.1) is 18.3 Å². The second-order valence-electron chi connectivity index (χ2n) is 6.46. The molecule has 3 heterocycles. The smallest absolute Gasteiger partial charge is 0.256 e. The van der Waals surface area contributed by atoms with Crippen LogP contribution in [-0.4, -0.2) is 40.5 Å². The van der Waals surface area contributed by atoms with Crippen LogP contribution in [0.15, 0.2) is 28.9 Å². The van der Waals surface area contributed by atoms with Crippen molar-refractivity contribution in [2.24, 2.45) is 0 Å². The number of furan rings is 1. The van der Waals surface area contributed by atoms with E-state index in [4.69, 9.17) is 4.42 Å². The van der Waals surface area contributed by atoms with E-state index >= 15 is 0 Å². The molecule has 24 heavy (non-hydrogen) atoms. The highest BCUT2D eigenvalue weighted by Gasteiger charge is 2.29. The van der Waals surface area contributed by atoms with Gasteiger partial charge in [-0.2, -0.15) is 5.26 Å². The van der Waals surface area contributed by atoms with Crippen molar-refractivity contribution in [3.8, 4) is 12.0 Å². The standard InChI is InChI=1S/C18H22N4O2/c1-12(2)22-9-6-14(11-22)20-17(23)16-13(3)24-18(15(16)10-19)21-7-4-5-8-21/h4-5,7-8,12,14H,6,9,11H2,1-3H3,(H,20,23)/t14-/m1/s1. The number of amides is 1. The van der Waals surface area contributed by atoms with Crippen LogP contribution in [0.25, 0.3) is 5.88 Å². The third-order valence-electron chi connectivity index (χ3n) is 4.53. The zero-order valence-electron chi connectivity index (χ0n) is 14.2. The lowest BCUT2D eigenvalue weighted by Gasteiger charge is -2.20. The molecule has 0 aromatic carbocycles. The number of rotatable bonds is 4. The van der Waals surface area contributed by atoms with Gasteiger partial charge in [0, 0.05) is 37.6 Å². The van der Waals surface area contributed by atoms with Crippen LogP contribution < -0.4 is 5.32 Å². The Morgan fingerprint density at radius 1 is 1.42 bits per heavy atom. The number of nitrogens with zero attached hydrogens (tertiary/aromatic N) is 3. The quantitative estimate of drug-likeness (QED) is 0.936. The Morgan fingerprint density at radius 3 is 2.71 bits per heavy atom. The molecule has 1 aliphatic heterocycles. The van der Waals surface area contributed by atoms with E-state index in [-0.39, 0.29) is 17.5 Å². The fraction of sp³-hybridized carbons (Fsp3) is 0.444. The van der Waals surface area contributed by atoms with Gasteiger partial charge in [-0.3, -0.25) is 14.3 Å². The van der Waals surface area contributed by atoms with E-state index in [0.29, 0.717) is 23.2 Å². The largest absolute Gasteiger partial charge is 0.443 e. The van der Waals surface area contributed by atoms with Gasteiger partial charge >= 0.3 is 0 Å². The number of nitriles is 1. The van der Waals surface area contributed by atoms with Crippen LogP contribution in [0.3, 0.4) is 0 Å². The molecule has 6 heteroatoms. The van der Waals surface area contributed by atoms with Crippen molar-refractivity contribution < 1.29 is 9.21 Å². The van der Waals surface area contributed by atoms with E-state index in [9.17, 15) is 10.1 Å². The number of nitrogens with one attached hydrogen (secondary N) is 1. The van der Waals surface area contributed by atoms with Crippen LogP contribution in [0.2, 0.25) is 0 Å². The summed E-state index contributed by atoms with van der Waals surface area (Å²) in [5, 5.41) is 12.6. The molecule has 0 spiro atoms. The number of aromatic nitrogens is 1. The van der Waals surface area contributed by atoms with Gasteiger partial charge in [0.15, 0.2) is 0 Å². The molecule has 0 saturated carbocycles. The van der Waals surface area contributed by atoms with Crippen molar-refractivity contribution in [2.75, 3.05) is 13.1 Å². The van der Waals surface area contributed by atoms with Crippen molar-refractivity contribution in [1.29, 1.82) is 5.26 Å². The molecule has 2 aromatic heterocycles. The van der Waals surface area contributed by atoms with Gasteiger partial charge in [0.1, 0.15) is 23.0 Å². The lowest BCUT2D eigenvalue weighted by atomic mass is 10.1. The first-order valence-electron chi connectivity index (χ1n) is 8.23. The monoisotopic (exact) mass is 326 g/mol.